The zero-order chi connectivity index (χ0) is 43.0. The molecule has 0 aliphatic rings. The topological polar surface area (TPSA) is 209 Å². The number of amides is 1. The smallest absolute Gasteiger partial charge is 0.328 e. The second-order valence-electron chi connectivity index (χ2n) is 15.5. The molecule has 1 unspecified atom stereocenters. The summed E-state index contributed by atoms with van der Waals surface area (Å²) in [5.41, 5.74) is 7.39. The maximum absolute atomic E-state index is 14.2. The molecule has 0 fully saturated rings. The molecule has 3 aromatic rings. The number of fused-ring (bicyclic) bond motifs is 1. The third kappa shape index (κ3) is 17.6. The number of carbonyl (C=O) groups excluding carboxylic acids is 1. The number of halogens is 1. The maximum atomic E-state index is 14.2. The minimum absolute atomic E-state index is 0.0913. The van der Waals surface area contributed by atoms with Crippen molar-refractivity contribution in [2.45, 2.75) is 154 Å². The van der Waals surface area contributed by atoms with Crippen LogP contribution in [0.15, 0.2) is 36.7 Å². The highest BCUT2D eigenvalue weighted by atomic mass is 31.2. The first-order chi connectivity index (χ1) is 28.4. The number of hydrogen-bond donors (Lipinski definition) is 3. The highest BCUT2D eigenvalue weighted by molar-refractivity contribution is 7.52. The van der Waals surface area contributed by atoms with Gasteiger partial charge in [-0.25, -0.2) is 13.9 Å². The van der Waals surface area contributed by atoms with Crippen molar-refractivity contribution in [3.63, 3.8) is 0 Å². The molecular weight excluding hydrogens is 776 g/mol. The van der Waals surface area contributed by atoms with Gasteiger partial charge in [-0.3, -0.25) is 9.36 Å². The first-order valence-electron chi connectivity index (χ1n) is 21.2. The van der Waals surface area contributed by atoms with Crippen LogP contribution < -0.4 is 5.73 Å². The molecule has 0 aliphatic heterocycles. The van der Waals surface area contributed by atoms with Gasteiger partial charge < -0.3 is 34.6 Å². The van der Waals surface area contributed by atoms with Crippen LogP contribution in [-0.4, -0.2) is 80.1 Å². The predicted octanol–water partition coefficient (Wildman–Crippen LogP) is 8.55. The summed E-state index contributed by atoms with van der Waals surface area (Å²) in [4.78, 5) is 30.0. The number of aliphatic hydroxyl groups excluding tert-OH is 1. The van der Waals surface area contributed by atoms with E-state index in [-0.39, 0.29) is 24.4 Å². The molecule has 1 amide bonds. The Bertz CT molecular complexity index is 1830. The lowest BCUT2D eigenvalue weighted by molar-refractivity contribution is -0.143. The highest BCUT2D eigenvalue weighted by Gasteiger charge is 2.34. The van der Waals surface area contributed by atoms with Gasteiger partial charge in [0.05, 0.1) is 31.0 Å². The Balaban J connectivity index is 1.50. The molecular formula is C43H65FN7O7P. The third-order valence-electron chi connectivity index (χ3n) is 10.7. The van der Waals surface area contributed by atoms with Crippen LogP contribution in [0.4, 0.5) is 10.2 Å². The van der Waals surface area contributed by atoms with Gasteiger partial charge in [-0.05, 0) is 48.7 Å². The number of nitrogens with two attached hydrogens (primary N) is 1. The maximum Gasteiger partial charge on any atom is 0.328 e. The van der Waals surface area contributed by atoms with Crippen LogP contribution in [0.5, 0.6) is 0 Å². The number of nitrogen functional groups attached to an aromatic ring is 1. The number of hydrogen-bond acceptors (Lipinski definition) is 11. The van der Waals surface area contributed by atoms with E-state index in [9.17, 15) is 34.3 Å². The predicted molar refractivity (Wildman–Crippen MR) is 224 cm³/mol. The molecule has 0 radical (unpaired) electrons. The Labute approximate surface area is 349 Å². The fourth-order valence-electron chi connectivity index (χ4n) is 7.15. The number of carbonyl (C=O) groups is 1. The van der Waals surface area contributed by atoms with Crippen LogP contribution in [0.25, 0.3) is 5.52 Å². The summed E-state index contributed by atoms with van der Waals surface area (Å²) in [7, 11) is -2.79. The van der Waals surface area contributed by atoms with Crippen LogP contribution in [0.2, 0.25) is 0 Å². The molecule has 326 valence electrons. The van der Waals surface area contributed by atoms with Crippen molar-refractivity contribution in [3.8, 4) is 12.3 Å². The van der Waals surface area contributed by atoms with E-state index in [0.717, 1.165) is 31.7 Å². The van der Waals surface area contributed by atoms with Gasteiger partial charge >= 0.3 is 7.60 Å². The fourth-order valence-corrected chi connectivity index (χ4v) is 8.22. The van der Waals surface area contributed by atoms with Crippen molar-refractivity contribution >= 4 is 24.8 Å². The van der Waals surface area contributed by atoms with Crippen molar-refractivity contribution in [2.75, 3.05) is 32.1 Å². The number of ether oxygens (including phenoxy) is 2. The molecule has 0 bridgehead atoms. The van der Waals surface area contributed by atoms with Gasteiger partial charge in [-0.2, -0.15) is 15.6 Å². The Hall–Kier alpha value is -4.11. The Morgan fingerprint density at radius 2 is 1.59 bits per heavy atom. The number of nitrogens with zero attached hydrogens (tertiary/aromatic N) is 6. The average Bonchev–Trinajstić information content (AvgIpc) is 3.66. The summed E-state index contributed by atoms with van der Waals surface area (Å²) in [5, 5.41) is 33.9. The van der Waals surface area contributed by atoms with Gasteiger partial charge in [0.1, 0.15) is 29.9 Å². The van der Waals surface area contributed by atoms with Gasteiger partial charge in [-0.1, -0.05) is 110 Å². The highest BCUT2D eigenvalue weighted by Crippen LogP contribution is 2.44. The molecule has 16 heteroatoms. The van der Waals surface area contributed by atoms with E-state index in [2.05, 4.69) is 17.0 Å². The van der Waals surface area contributed by atoms with Gasteiger partial charge in [0, 0.05) is 25.2 Å². The van der Waals surface area contributed by atoms with E-state index < -0.39 is 56.3 Å². The van der Waals surface area contributed by atoms with Crippen LogP contribution in [-0.2, 0) is 30.0 Å². The molecule has 0 spiro atoms. The largest absolute Gasteiger partial charge is 0.419 e. The SMILES string of the molecule is CCCCCCCCCCCCCCCCCCN(C)C(=O)[C@H](CCP(=O)(O)OC[C@@H](OC#N)[C@@H](O)[C@@H](C)c1ccc2c(N)ncnn12)OCc1cc(F)cc(C#N)c1. The molecule has 2 aromatic heterocycles. The molecule has 14 nitrogen and oxygen atoms in total. The molecule has 4 N–H and O–H groups in total. The molecule has 2 heterocycles. The van der Waals surface area contributed by atoms with E-state index in [1.807, 2.05) is 6.07 Å². The van der Waals surface area contributed by atoms with E-state index >= 15 is 0 Å². The quantitative estimate of drug-likeness (QED) is 0.0316. The Kier molecular flexibility index (Phi) is 22.4. The number of benzene rings is 1. The number of likely N-dealkylation sites (N-methyl/N-ethyl adjacent to an activating group) is 1. The molecule has 5 atom stereocenters. The summed E-state index contributed by atoms with van der Waals surface area (Å²) >= 11 is 0. The normalized spacial score (nSPS) is 14.5. The lowest BCUT2D eigenvalue weighted by Crippen LogP contribution is -2.39. The first-order valence-corrected chi connectivity index (χ1v) is 23.0. The van der Waals surface area contributed by atoms with Crippen LogP contribution in [0, 0.1) is 28.7 Å². The van der Waals surface area contributed by atoms with Gasteiger partial charge in [-0.15, -0.1) is 0 Å². The number of unbranched alkanes of at least 4 members (excludes halogenated alkanes) is 15. The lowest BCUT2D eigenvalue weighted by Gasteiger charge is -2.27. The molecule has 0 saturated carbocycles. The summed E-state index contributed by atoms with van der Waals surface area (Å²) < 4.78 is 45.3. The van der Waals surface area contributed by atoms with Crippen molar-refractivity contribution in [3.05, 3.63) is 59.3 Å². The fraction of sp³-hybridized carbons (Fsp3) is 0.651. The zero-order valence-electron chi connectivity index (χ0n) is 35.1. The van der Waals surface area contributed by atoms with E-state index in [0.29, 0.717) is 23.3 Å². The van der Waals surface area contributed by atoms with Gasteiger partial charge in [0.15, 0.2) is 11.9 Å². The monoisotopic (exact) mass is 841 g/mol. The summed E-state index contributed by atoms with van der Waals surface area (Å²) in [6.45, 7) is 3.53. The van der Waals surface area contributed by atoms with Crippen molar-refractivity contribution in [2.24, 2.45) is 0 Å². The first kappa shape index (κ1) is 49.3. The second-order valence-corrected chi connectivity index (χ2v) is 17.5. The van der Waals surface area contributed by atoms with Crippen molar-refractivity contribution in [1.82, 2.24) is 19.5 Å². The molecule has 1 aromatic carbocycles. The van der Waals surface area contributed by atoms with Crippen molar-refractivity contribution in [1.29, 1.82) is 10.5 Å². The van der Waals surface area contributed by atoms with Gasteiger partial charge in [0.25, 0.3) is 12.2 Å². The molecule has 0 aliphatic carbocycles. The Morgan fingerprint density at radius 1 is 0.983 bits per heavy atom. The number of rotatable bonds is 31. The molecule has 0 saturated heterocycles. The van der Waals surface area contributed by atoms with Crippen molar-refractivity contribution < 1.29 is 37.7 Å². The van der Waals surface area contributed by atoms with Crippen LogP contribution >= 0.6 is 7.60 Å². The number of aliphatic hydroxyl groups is 1. The summed E-state index contributed by atoms with van der Waals surface area (Å²) in [5.74, 6) is -1.50. The summed E-state index contributed by atoms with van der Waals surface area (Å²) in [6.07, 6.45) is 17.9. The lowest BCUT2D eigenvalue weighted by atomic mass is 9.97. The standard InChI is InChI=1S/C43H65FN7O7P/c1-4-5-6-7-8-9-10-11-12-13-14-15-16-17-18-19-23-50(3)43(53)39(56-29-35-25-34(28-45)26-36(44)27-35)22-24-59(54,55)58-30-40(57-31-46)41(52)33(2)37-20-21-38-42(47)48-32-49-51(37)38/h20-21,25-27,32-33,39-41,52H,4-19,22-24,29-30H2,1-3H3,(H,54,55)(H2,47,48,49)/t33-,39-,40+,41-/m0/s1. The van der Waals surface area contributed by atoms with E-state index in [1.54, 1.807) is 26.1 Å². The second kappa shape index (κ2) is 26.9. The minimum Gasteiger partial charge on any atom is -0.419 e. The number of aromatic nitrogens is 3. The van der Waals surface area contributed by atoms with Gasteiger partial charge in [0.2, 0.25) is 0 Å². The number of nitriles is 2. The third-order valence-corrected chi connectivity index (χ3v) is 12.1. The average molecular weight is 842 g/mol. The van der Waals surface area contributed by atoms with Crippen LogP contribution in [0.3, 0.4) is 0 Å². The Morgan fingerprint density at radius 3 is 2.19 bits per heavy atom. The van der Waals surface area contributed by atoms with E-state index in [4.69, 9.17) is 19.7 Å². The van der Waals surface area contributed by atoms with E-state index in [1.165, 1.54) is 111 Å². The molecule has 59 heavy (non-hydrogen) atoms. The molecule has 3 rings (SSSR count). The minimum atomic E-state index is -4.44. The van der Waals surface area contributed by atoms with Crippen LogP contribution in [0.1, 0.15) is 146 Å². The zero-order valence-corrected chi connectivity index (χ0v) is 36.0. The summed E-state index contributed by atoms with van der Waals surface area (Å²) in [6, 6.07) is 9.00. The number of anilines is 1.